The van der Waals surface area contributed by atoms with Gasteiger partial charge in [0.1, 0.15) is 5.82 Å². The van der Waals surface area contributed by atoms with Gasteiger partial charge in [-0.05, 0) is 45.2 Å². The van der Waals surface area contributed by atoms with Crippen LogP contribution in [0.25, 0.3) is 0 Å². The van der Waals surface area contributed by atoms with Crippen LogP contribution in [-0.4, -0.2) is 18.6 Å². The Hall–Kier alpha value is -1.09. The van der Waals surface area contributed by atoms with Crippen LogP contribution in [0.15, 0.2) is 18.2 Å². The van der Waals surface area contributed by atoms with Crippen molar-refractivity contribution >= 4 is 5.69 Å². The number of hydrogen-bond donors (Lipinski definition) is 1. The molecule has 1 aromatic rings. The number of anilines is 1. The third-order valence-corrected chi connectivity index (χ3v) is 4.02. The summed E-state index contributed by atoms with van der Waals surface area (Å²) < 4.78 is 14.3. The number of halogens is 1. The highest BCUT2D eigenvalue weighted by Gasteiger charge is 2.18. The van der Waals surface area contributed by atoms with E-state index in [1.54, 1.807) is 12.1 Å². The Balaban J connectivity index is 3.03. The van der Waals surface area contributed by atoms with Crippen molar-refractivity contribution in [1.29, 1.82) is 0 Å². The molecule has 1 unspecified atom stereocenters. The minimum absolute atomic E-state index is 0.0188. The van der Waals surface area contributed by atoms with Gasteiger partial charge in [0, 0.05) is 29.9 Å². The molecule has 0 aromatic heterocycles. The summed E-state index contributed by atoms with van der Waals surface area (Å²) in [6, 6.07) is 5.77. The summed E-state index contributed by atoms with van der Waals surface area (Å²) in [6.07, 6.45) is 5.02. The number of hydrogen-bond acceptors (Lipinski definition) is 2. The normalized spacial score (nSPS) is 12.7. The largest absolute Gasteiger partial charge is 0.369 e. The predicted octanol–water partition coefficient (Wildman–Crippen LogP) is 4.51. The summed E-state index contributed by atoms with van der Waals surface area (Å²) in [4.78, 5) is 2.32. The van der Waals surface area contributed by atoms with Crippen molar-refractivity contribution in [1.82, 2.24) is 0 Å². The lowest BCUT2D eigenvalue weighted by Crippen LogP contribution is -2.33. The first-order valence-electron chi connectivity index (χ1n) is 8.30. The van der Waals surface area contributed by atoms with Gasteiger partial charge in [-0.25, -0.2) is 4.39 Å². The lowest BCUT2D eigenvalue weighted by atomic mass is 10.0. The van der Waals surface area contributed by atoms with Gasteiger partial charge in [-0.3, -0.25) is 0 Å². The minimum Gasteiger partial charge on any atom is -0.369 e. The Labute approximate surface area is 129 Å². The van der Waals surface area contributed by atoms with Gasteiger partial charge in [-0.1, -0.05) is 32.8 Å². The average molecular weight is 294 g/mol. The second-order valence-electron chi connectivity index (χ2n) is 6.10. The van der Waals surface area contributed by atoms with Gasteiger partial charge < -0.3 is 10.6 Å². The van der Waals surface area contributed by atoms with Crippen LogP contribution in [-0.2, 0) is 6.42 Å². The van der Waals surface area contributed by atoms with Crippen molar-refractivity contribution in [2.24, 2.45) is 5.73 Å². The monoisotopic (exact) mass is 294 g/mol. The fourth-order valence-electron chi connectivity index (χ4n) is 2.61. The summed E-state index contributed by atoms with van der Waals surface area (Å²) in [5.41, 5.74) is 7.85. The van der Waals surface area contributed by atoms with Gasteiger partial charge in [-0.15, -0.1) is 0 Å². The molecule has 21 heavy (non-hydrogen) atoms. The molecule has 0 saturated heterocycles. The van der Waals surface area contributed by atoms with E-state index in [2.05, 4.69) is 25.7 Å². The lowest BCUT2D eigenvalue weighted by Gasteiger charge is -2.31. The van der Waals surface area contributed by atoms with E-state index >= 15 is 0 Å². The quantitative estimate of drug-likeness (QED) is 0.679. The van der Waals surface area contributed by atoms with E-state index in [0.717, 1.165) is 30.6 Å². The second kappa shape index (κ2) is 9.04. The first-order chi connectivity index (χ1) is 10.0. The van der Waals surface area contributed by atoms with Crippen molar-refractivity contribution in [3.63, 3.8) is 0 Å². The van der Waals surface area contributed by atoms with Crippen molar-refractivity contribution in [3.8, 4) is 0 Å². The molecule has 0 radical (unpaired) electrons. The summed E-state index contributed by atoms with van der Waals surface area (Å²) in [7, 11) is 0. The van der Waals surface area contributed by atoms with Crippen LogP contribution in [0.5, 0.6) is 0 Å². The van der Waals surface area contributed by atoms with Gasteiger partial charge >= 0.3 is 0 Å². The van der Waals surface area contributed by atoms with Crippen LogP contribution < -0.4 is 10.6 Å². The smallest absolute Gasteiger partial charge is 0.128 e. The molecular formula is C18H31FN2. The fraction of sp³-hybridized carbons (Fsp3) is 0.667. The summed E-state index contributed by atoms with van der Waals surface area (Å²) in [6.45, 7) is 9.56. The molecule has 0 heterocycles. The van der Waals surface area contributed by atoms with Gasteiger partial charge in [0.2, 0.25) is 0 Å². The van der Waals surface area contributed by atoms with Crippen LogP contribution in [0.3, 0.4) is 0 Å². The molecular weight excluding hydrogens is 263 g/mol. The van der Waals surface area contributed by atoms with E-state index in [0.29, 0.717) is 12.5 Å². The highest BCUT2D eigenvalue weighted by molar-refractivity contribution is 5.55. The predicted molar refractivity (Wildman–Crippen MR) is 90.4 cm³/mol. The maximum atomic E-state index is 14.3. The van der Waals surface area contributed by atoms with Crippen molar-refractivity contribution in [3.05, 3.63) is 29.6 Å². The highest BCUT2D eigenvalue weighted by atomic mass is 19.1. The Morgan fingerprint density at radius 1 is 1.19 bits per heavy atom. The average Bonchev–Trinajstić information content (AvgIpc) is 2.45. The molecule has 3 heteroatoms. The van der Waals surface area contributed by atoms with Crippen molar-refractivity contribution in [2.45, 2.75) is 71.9 Å². The standard InChI is InChI=1S/C18H31FN2/c1-5-7-8-12-21(14(3)4)18-11-9-10-17(19)16(18)13-15(20)6-2/h9-11,14-15H,5-8,12-13,20H2,1-4H3. The zero-order chi connectivity index (χ0) is 15.8. The van der Waals surface area contributed by atoms with E-state index in [9.17, 15) is 4.39 Å². The molecule has 1 aromatic carbocycles. The number of benzene rings is 1. The molecule has 1 rings (SSSR count). The Morgan fingerprint density at radius 2 is 1.90 bits per heavy atom. The van der Waals surface area contributed by atoms with Crippen molar-refractivity contribution < 1.29 is 4.39 Å². The topological polar surface area (TPSA) is 29.3 Å². The Kier molecular flexibility index (Phi) is 7.73. The zero-order valence-corrected chi connectivity index (χ0v) is 14.0. The molecule has 0 amide bonds. The first kappa shape index (κ1) is 18.0. The van der Waals surface area contributed by atoms with Crippen LogP contribution in [0.2, 0.25) is 0 Å². The molecule has 0 aliphatic carbocycles. The molecule has 0 aliphatic heterocycles. The van der Waals surface area contributed by atoms with E-state index in [1.807, 2.05) is 13.0 Å². The lowest BCUT2D eigenvalue weighted by molar-refractivity contribution is 0.569. The number of nitrogens with zero attached hydrogens (tertiary/aromatic N) is 1. The van der Waals surface area contributed by atoms with Crippen molar-refractivity contribution in [2.75, 3.05) is 11.4 Å². The van der Waals surface area contributed by atoms with Crippen LogP contribution in [0, 0.1) is 5.82 Å². The number of nitrogens with two attached hydrogens (primary N) is 1. The Morgan fingerprint density at radius 3 is 2.48 bits per heavy atom. The minimum atomic E-state index is -0.127. The number of rotatable bonds is 9. The van der Waals surface area contributed by atoms with E-state index < -0.39 is 0 Å². The molecule has 1 atom stereocenters. The summed E-state index contributed by atoms with van der Waals surface area (Å²) in [5.74, 6) is -0.127. The molecule has 0 saturated carbocycles. The molecule has 0 bridgehead atoms. The zero-order valence-electron chi connectivity index (χ0n) is 14.0. The first-order valence-corrected chi connectivity index (χ1v) is 8.30. The SMILES string of the molecule is CCCCCN(c1cccc(F)c1CC(N)CC)C(C)C. The molecule has 0 fully saturated rings. The molecule has 0 spiro atoms. The Bertz CT molecular complexity index is 418. The fourth-order valence-corrected chi connectivity index (χ4v) is 2.61. The molecule has 2 nitrogen and oxygen atoms in total. The second-order valence-corrected chi connectivity index (χ2v) is 6.10. The van der Waals surface area contributed by atoms with E-state index in [-0.39, 0.29) is 11.9 Å². The van der Waals surface area contributed by atoms with Gasteiger partial charge in [0.05, 0.1) is 0 Å². The maximum absolute atomic E-state index is 14.3. The molecule has 2 N–H and O–H groups in total. The van der Waals surface area contributed by atoms with Gasteiger partial charge in [0.25, 0.3) is 0 Å². The third kappa shape index (κ3) is 5.31. The number of unbranched alkanes of at least 4 members (excludes halogenated alkanes) is 2. The maximum Gasteiger partial charge on any atom is 0.128 e. The summed E-state index contributed by atoms with van der Waals surface area (Å²) in [5, 5.41) is 0. The van der Waals surface area contributed by atoms with Gasteiger partial charge in [0.15, 0.2) is 0 Å². The molecule has 0 aliphatic rings. The van der Waals surface area contributed by atoms with Crippen LogP contribution in [0.4, 0.5) is 10.1 Å². The highest BCUT2D eigenvalue weighted by Crippen LogP contribution is 2.27. The third-order valence-electron chi connectivity index (χ3n) is 4.02. The van der Waals surface area contributed by atoms with E-state index in [1.165, 1.54) is 12.8 Å². The van der Waals surface area contributed by atoms with E-state index in [4.69, 9.17) is 5.73 Å². The van der Waals surface area contributed by atoms with Crippen LogP contribution >= 0.6 is 0 Å². The van der Waals surface area contributed by atoms with Gasteiger partial charge in [-0.2, -0.15) is 0 Å². The molecule has 120 valence electrons. The summed E-state index contributed by atoms with van der Waals surface area (Å²) >= 11 is 0. The van der Waals surface area contributed by atoms with Crippen LogP contribution in [0.1, 0.15) is 58.9 Å².